The van der Waals surface area contributed by atoms with Gasteiger partial charge in [0.25, 0.3) is 0 Å². The van der Waals surface area contributed by atoms with Crippen molar-refractivity contribution in [3.63, 3.8) is 0 Å². The van der Waals surface area contributed by atoms with Gasteiger partial charge in [0.2, 0.25) is 0 Å². The number of hydrogen-bond donors (Lipinski definition) is 0. The number of aromatic nitrogens is 3. The van der Waals surface area contributed by atoms with E-state index in [4.69, 9.17) is 14.4 Å². The van der Waals surface area contributed by atoms with Gasteiger partial charge in [-0.15, -0.1) is 0 Å². The lowest BCUT2D eigenvalue weighted by molar-refractivity contribution is 0.631. The summed E-state index contributed by atoms with van der Waals surface area (Å²) in [4.78, 5) is 10.6. The molecule has 0 bridgehead atoms. The highest BCUT2D eigenvalue weighted by Crippen LogP contribution is 2.37. The van der Waals surface area contributed by atoms with Gasteiger partial charge in [0, 0.05) is 38.4 Å². The van der Waals surface area contributed by atoms with Crippen molar-refractivity contribution in [2.45, 2.75) is 0 Å². The quantitative estimate of drug-likeness (QED) is 0.178. The predicted octanol–water partition coefficient (Wildman–Crippen LogP) is 12.7. The molecule has 0 radical (unpaired) electrons. The third kappa shape index (κ3) is 5.17. The second-order valence-corrected chi connectivity index (χ2v) is 13.0. The summed E-state index contributed by atoms with van der Waals surface area (Å²) in [6.07, 6.45) is 0. The van der Waals surface area contributed by atoms with Crippen molar-refractivity contribution >= 4 is 32.8 Å². The molecule has 52 heavy (non-hydrogen) atoms. The van der Waals surface area contributed by atoms with Crippen LogP contribution in [0.15, 0.2) is 192 Å². The molecule has 0 amide bonds. The third-order valence-corrected chi connectivity index (χ3v) is 9.85. The lowest BCUT2D eigenvalue weighted by Gasteiger charge is -2.15. The first kappa shape index (κ1) is 29.8. The Morgan fingerprint density at radius 1 is 0.404 bits per heavy atom. The topological polar surface area (TPSA) is 43.9 Å². The SMILES string of the molecule is c1ccc(-c2cccc(-c3cc(-c4ccc(-c5cc6ccccc6o5)cc4)nc(-c4ccccc4-n4c5ccccc5c5ccccc54)n3)c2)cc1. The van der Waals surface area contributed by atoms with Crippen LogP contribution < -0.4 is 0 Å². The zero-order valence-electron chi connectivity index (χ0n) is 28.1. The summed E-state index contributed by atoms with van der Waals surface area (Å²) in [7, 11) is 0. The molecule has 0 aliphatic rings. The van der Waals surface area contributed by atoms with Crippen LogP contribution in [0.3, 0.4) is 0 Å². The van der Waals surface area contributed by atoms with Crippen molar-refractivity contribution < 1.29 is 4.42 Å². The summed E-state index contributed by atoms with van der Waals surface area (Å²) >= 11 is 0. The molecule has 0 N–H and O–H groups in total. The van der Waals surface area contributed by atoms with Crippen LogP contribution in [0.5, 0.6) is 0 Å². The summed E-state index contributed by atoms with van der Waals surface area (Å²) in [5.74, 6) is 1.51. The van der Waals surface area contributed by atoms with E-state index in [1.165, 1.54) is 10.8 Å². The molecule has 244 valence electrons. The molecule has 0 saturated heterocycles. The normalized spacial score (nSPS) is 11.5. The zero-order valence-corrected chi connectivity index (χ0v) is 28.1. The molecule has 0 aliphatic carbocycles. The number of furan rings is 1. The van der Waals surface area contributed by atoms with Gasteiger partial charge in [-0.1, -0.05) is 140 Å². The Balaban J connectivity index is 1.16. The second-order valence-electron chi connectivity index (χ2n) is 13.0. The number of benzene rings is 7. The fraction of sp³-hybridized carbons (Fsp3) is 0. The van der Waals surface area contributed by atoms with Crippen molar-refractivity contribution in [1.29, 1.82) is 0 Å². The minimum Gasteiger partial charge on any atom is -0.456 e. The lowest BCUT2D eigenvalue weighted by atomic mass is 10.00. The van der Waals surface area contributed by atoms with Crippen LogP contribution in [0.4, 0.5) is 0 Å². The molecule has 0 fully saturated rings. The van der Waals surface area contributed by atoms with Gasteiger partial charge in [-0.05, 0) is 59.7 Å². The van der Waals surface area contributed by atoms with Crippen molar-refractivity contribution in [3.05, 3.63) is 188 Å². The summed E-state index contributed by atoms with van der Waals surface area (Å²) in [6, 6.07) is 65.5. The largest absolute Gasteiger partial charge is 0.456 e. The molecular weight excluding hydrogens is 635 g/mol. The minimum absolute atomic E-state index is 0.663. The van der Waals surface area contributed by atoms with Gasteiger partial charge in [-0.3, -0.25) is 0 Å². The van der Waals surface area contributed by atoms with E-state index in [9.17, 15) is 0 Å². The first-order chi connectivity index (χ1) is 25.8. The Hall–Kier alpha value is -7.04. The van der Waals surface area contributed by atoms with Gasteiger partial charge < -0.3 is 8.98 Å². The molecule has 3 heterocycles. The second kappa shape index (κ2) is 12.4. The summed E-state index contributed by atoms with van der Waals surface area (Å²) in [5.41, 5.74) is 12.2. The molecule has 0 atom stereocenters. The van der Waals surface area contributed by atoms with E-state index in [1.54, 1.807) is 0 Å². The fourth-order valence-corrected chi connectivity index (χ4v) is 7.32. The van der Waals surface area contributed by atoms with E-state index < -0.39 is 0 Å². The molecule has 0 aliphatic heterocycles. The average molecular weight is 666 g/mol. The van der Waals surface area contributed by atoms with Gasteiger partial charge in [0.05, 0.1) is 28.1 Å². The van der Waals surface area contributed by atoms with Gasteiger partial charge in [-0.2, -0.15) is 0 Å². The maximum Gasteiger partial charge on any atom is 0.162 e. The predicted molar refractivity (Wildman–Crippen MR) is 213 cm³/mol. The number of nitrogens with zero attached hydrogens (tertiary/aromatic N) is 3. The highest BCUT2D eigenvalue weighted by Gasteiger charge is 2.18. The molecule has 0 unspecified atom stereocenters. The zero-order chi connectivity index (χ0) is 34.4. The minimum atomic E-state index is 0.663. The Kier molecular flexibility index (Phi) is 7.10. The molecular formula is C48H31N3O. The molecule has 7 aromatic carbocycles. The van der Waals surface area contributed by atoms with E-state index in [1.807, 2.05) is 24.3 Å². The molecule has 4 heteroatoms. The maximum atomic E-state index is 6.18. The standard InChI is InChI=1S/C48H31N3O/c1-2-13-32(14-3-1)35-16-12-17-36(29-35)42-31-41(33-25-27-34(28-26-33)47-30-37-15-4-11-24-46(37)52-47)49-48(50-42)40-20-7-10-23-45(40)51-43-21-8-5-18-38(43)39-19-6-9-22-44(39)51/h1-31H. The molecule has 0 spiro atoms. The van der Waals surface area contributed by atoms with Crippen LogP contribution in [0.25, 0.3) is 94.8 Å². The summed E-state index contributed by atoms with van der Waals surface area (Å²) in [6.45, 7) is 0. The number of hydrogen-bond acceptors (Lipinski definition) is 3. The number of rotatable bonds is 6. The third-order valence-electron chi connectivity index (χ3n) is 9.85. The smallest absolute Gasteiger partial charge is 0.162 e. The van der Waals surface area contributed by atoms with Crippen molar-refractivity contribution in [3.8, 4) is 62.0 Å². The Labute approximate surface area is 300 Å². The van der Waals surface area contributed by atoms with Crippen LogP contribution in [-0.2, 0) is 0 Å². The number of fused-ring (bicyclic) bond motifs is 4. The van der Waals surface area contributed by atoms with Gasteiger partial charge in [0.1, 0.15) is 11.3 Å². The Morgan fingerprint density at radius 3 is 1.77 bits per heavy atom. The maximum absolute atomic E-state index is 6.18. The van der Waals surface area contributed by atoms with Crippen LogP contribution in [-0.4, -0.2) is 14.5 Å². The molecule has 4 nitrogen and oxygen atoms in total. The van der Waals surface area contributed by atoms with Crippen LogP contribution in [0, 0.1) is 0 Å². The first-order valence-corrected chi connectivity index (χ1v) is 17.5. The summed E-state index contributed by atoms with van der Waals surface area (Å²) in [5, 5.41) is 3.52. The van der Waals surface area contributed by atoms with E-state index in [-0.39, 0.29) is 0 Å². The highest BCUT2D eigenvalue weighted by atomic mass is 16.3. The van der Waals surface area contributed by atoms with Crippen LogP contribution >= 0.6 is 0 Å². The lowest BCUT2D eigenvalue weighted by Crippen LogP contribution is -2.01. The Morgan fingerprint density at radius 2 is 1.00 bits per heavy atom. The monoisotopic (exact) mass is 665 g/mol. The van der Waals surface area contributed by atoms with Gasteiger partial charge in [0.15, 0.2) is 5.82 Å². The Bertz CT molecular complexity index is 2810. The van der Waals surface area contributed by atoms with Crippen molar-refractivity contribution in [2.75, 3.05) is 0 Å². The van der Waals surface area contributed by atoms with E-state index in [2.05, 4.69) is 168 Å². The molecule has 10 aromatic rings. The first-order valence-electron chi connectivity index (χ1n) is 17.5. The number of para-hydroxylation sites is 4. The summed E-state index contributed by atoms with van der Waals surface area (Å²) < 4.78 is 8.52. The van der Waals surface area contributed by atoms with Gasteiger partial charge >= 0.3 is 0 Å². The van der Waals surface area contributed by atoms with E-state index in [0.717, 1.165) is 78.2 Å². The fourth-order valence-electron chi connectivity index (χ4n) is 7.32. The van der Waals surface area contributed by atoms with E-state index >= 15 is 0 Å². The van der Waals surface area contributed by atoms with Crippen LogP contribution in [0.1, 0.15) is 0 Å². The van der Waals surface area contributed by atoms with E-state index in [0.29, 0.717) is 5.82 Å². The molecule has 10 rings (SSSR count). The van der Waals surface area contributed by atoms with Crippen molar-refractivity contribution in [2.24, 2.45) is 0 Å². The molecule has 0 saturated carbocycles. The van der Waals surface area contributed by atoms with Crippen LogP contribution in [0.2, 0.25) is 0 Å². The molecule has 3 aromatic heterocycles. The van der Waals surface area contributed by atoms with Gasteiger partial charge in [-0.25, -0.2) is 9.97 Å². The van der Waals surface area contributed by atoms with Crippen molar-refractivity contribution in [1.82, 2.24) is 14.5 Å². The highest BCUT2D eigenvalue weighted by molar-refractivity contribution is 6.09. The average Bonchev–Trinajstić information content (AvgIpc) is 3.81.